The third-order valence-electron chi connectivity index (χ3n) is 4.11. The van der Waals surface area contributed by atoms with Crippen molar-refractivity contribution in [1.29, 1.82) is 0 Å². The van der Waals surface area contributed by atoms with E-state index in [1.165, 1.54) is 0 Å². The second-order valence-corrected chi connectivity index (χ2v) is 8.11. The largest absolute Gasteiger partial charge is 0.490 e. The molecule has 0 bridgehead atoms. The first-order valence-corrected chi connectivity index (χ1v) is 10.7. The SMILES string of the molecule is CCOc1cc(CNn2c(C)n[nH]c2=S)c(Br)cc1OCc1c(Cl)cccc1Cl. The van der Waals surface area contributed by atoms with Crippen LogP contribution in [0.25, 0.3) is 0 Å². The highest BCUT2D eigenvalue weighted by Crippen LogP contribution is 2.35. The molecule has 1 heterocycles. The number of hydrogen-bond donors (Lipinski definition) is 2. The summed E-state index contributed by atoms with van der Waals surface area (Å²) in [5.74, 6) is 1.96. The number of hydrogen-bond acceptors (Lipinski definition) is 5. The van der Waals surface area contributed by atoms with Gasteiger partial charge in [0.2, 0.25) is 4.77 Å². The highest BCUT2D eigenvalue weighted by atomic mass is 79.9. The van der Waals surface area contributed by atoms with E-state index in [2.05, 4.69) is 31.6 Å². The Hall–Kier alpha value is -1.74. The van der Waals surface area contributed by atoms with Gasteiger partial charge in [-0.2, -0.15) is 5.10 Å². The zero-order valence-electron chi connectivity index (χ0n) is 15.8. The molecule has 0 aliphatic rings. The van der Waals surface area contributed by atoms with Crippen molar-refractivity contribution in [1.82, 2.24) is 14.9 Å². The van der Waals surface area contributed by atoms with Crippen LogP contribution in [0.5, 0.6) is 11.5 Å². The minimum absolute atomic E-state index is 0.228. The molecule has 0 radical (unpaired) electrons. The molecule has 0 unspecified atom stereocenters. The third kappa shape index (κ3) is 5.25. The van der Waals surface area contributed by atoms with E-state index in [9.17, 15) is 0 Å². The number of rotatable bonds is 8. The van der Waals surface area contributed by atoms with E-state index >= 15 is 0 Å². The van der Waals surface area contributed by atoms with Crippen molar-refractivity contribution in [3.63, 3.8) is 0 Å². The van der Waals surface area contributed by atoms with Gasteiger partial charge in [0, 0.05) is 20.1 Å². The lowest BCUT2D eigenvalue weighted by atomic mass is 10.2. The molecule has 29 heavy (non-hydrogen) atoms. The minimum atomic E-state index is 0.228. The number of H-pyrrole nitrogens is 1. The van der Waals surface area contributed by atoms with Gasteiger partial charge in [-0.15, -0.1) is 0 Å². The quantitative estimate of drug-likeness (QED) is 0.356. The summed E-state index contributed by atoms with van der Waals surface area (Å²) in [6.45, 7) is 5.02. The lowest BCUT2D eigenvalue weighted by molar-refractivity contribution is 0.269. The van der Waals surface area contributed by atoms with Gasteiger partial charge in [-0.05, 0) is 55.9 Å². The molecule has 3 aromatic rings. The predicted molar refractivity (Wildman–Crippen MR) is 121 cm³/mol. The molecule has 0 saturated carbocycles. The topological polar surface area (TPSA) is 64.1 Å². The molecule has 0 saturated heterocycles. The first kappa shape index (κ1) is 22.0. The summed E-state index contributed by atoms with van der Waals surface area (Å²) < 4.78 is 14.8. The summed E-state index contributed by atoms with van der Waals surface area (Å²) in [5, 5.41) is 7.95. The van der Waals surface area contributed by atoms with E-state index in [1.54, 1.807) is 22.9 Å². The van der Waals surface area contributed by atoms with Crippen molar-refractivity contribution in [2.75, 3.05) is 12.0 Å². The number of nitrogens with zero attached hydrogens (tertiary/aromatic N) is 2. The van der Waals surface area contributed by atoms with Crippen LogP contribution >= 0.6 is 51.3 Å². The second kappa shape index (κ2) is 9.84. The van der Waals surface area contributed by atoms with Crippen molar-refractivity contribution in [3.05, 3.63) is 66.6 Å². The molecule has 10 heteroatoms. The van der Waals surface area contributed by atoms with Gasteiger partial charge in [-0.1, -0.05) is 45.2 Å². The van der Waals surface area contributed by atoms with Crippen molar-refractivity contribution in [3.8, 4) is 11.5 Å². The standard InChI is InChI=1S/C19H19BrCl2N4O2S/c1-3-27-17-7-12(9-23-26-11(2)24-25-19(26)29)14(20)8-18(17)28-10-13-15(21)5-4-6-16(13)22/h4-8,23H,3,9-10H2,1-2H3,(H,25,29). The van der Waals surface area contributed by atoms with E-state index in [4.69, 9.17) is 44.9 Å². The molecular weight excluding hydrogens is 499 g/mol. The Labute approximate surface area is 192 Å². The van der Waals surface area contributed by atoms with Gasteiger partial charge in [0.1, 0.15) is 12.4 Å². The van der Waals surface area contributed by atoms with Crippen molar-refractivity contribution in [2.24, 2.45) is 0 Å². The summed E-state index contributed by atoms with van der Waals surface area (Å²) in [6, 6.07) is 9.15. The minimum Gasteiger partial charge on any atom is -0.490 e. The van der Waals surface area contributed by atoms with E-state index in [0.29, 0.717) is 39.5 Å². The lowest BCUT2D eigenvalue weighted by Gasteiger charge is -2.17. The fourth-order valence-corrected chi connectivity index (χ4v) is 3.85. The summed E-state index contributed by atoms with van der Waals surface area (Å²) in [6.07, 6.45) is 0. The highest BCUT2D eigenvalue weighted by molar-refractivity contribution is 9.10. The number of nitrogens with one attached hydrogen (secondary N) is 2. The molecule has 154 valence electrons. The lowest BCUT2D eigenvalue weighted by Crippen LogP contribution is -2.16. The van der Waals surface area contributed by atoms with Gasteiger partial charge >= 0.3 is 0 Å². The van der Waals surface area contributed by atoms with Gasteiger partial charge < -0.3 is 14.9 Å². The smallest absolute Gasteiger partial charge is 0.214 e. The van der Waals surface area contributed by atoms with Crippen LogP contribution < -0.4 is 14.9 Å². The number of benzene rings is 2. The molecule has 0 spiro atoms. The molecule has 0 amide bonds. The molecule has 2 aromatic carbocycles. The molecular formula is C19H19BrCl2N4O2S. The van der Waals surface area contributed by atoms with Crippen LogP contribution in [0.4, 0.5) is 0 Å². The highest BCUT2D eigenvalue weighted by Gasteiger charge is 2.14. The number of halogens is 3. The van der Waals surface area contributed by atoms with Crippen LogP contribution in [-0.2, 0) is 13.2 Å². The van der Waals surface area contributed by atoms with E-state index < -0.39 is 0 Å². The Morgan fingerprint density at radius 2 is 1.90 bits per heavy atom. The van der Waals surface area contributed by atoms with Gasteiger partial charge in [-0.3, -0.25) is 5.10 Å². The Morgan fingerprint density at radius 1 is 1.21 bits per heavy atom. The summed E-state index contributed by atoms with van der Waals surface area (Å²) in [5.41, 5.74) is 4.94. The number of ether oxygens (including phenoxy) is 2. The number of aromatic amines is 1. The zero-order chi connectivity index (χ0) is 21.0. The maximum absolute atomic E-state index is 6.24. The fourth-order valence-electron chi connectivity index (χ4n) is 2.64. The molecule has 1 aromatic heterocycles. The molecule has 0 atom stereocenters. The molecule has 0 fully saturated rings. The van der Waals surface area contributed by atoms with Crippen LogP contribution in [0.3, 0.4) is 0 Å². The van der Waals surface area contributed by atoms with Crippen molar-refractivity contribution in [2.45, 2.75) is 27.0 Å². The Morgan fingerprint density at radius 3 is 2.52 bits per heavy atom. The fraction of sp³-hybridized carbons (Fsp3) is 0.263. The average Bonchev–Trinajstić information content (AvgIpc) is 3.00. The summed E-state index contributed by atoms with van der Waals surface area (Å²) in [4.78, 5) is 0. The molecule has 3 rings (SSSR count). The van der Waals surface area contributed by atoms with Crippen LogP contribution in [0.1, 0.15) is 23.9 Å². The maximum Gasteiger partial charge on any atom is 0.214 e. The number of aryl methyl sites for hydroxylation is 1. The van der Waals surface area contributed by atoms with Crippen molar-refractivity contribution >= 4 is 51.3 Å². The summed E-state index contributed by atoms with van der Waals surface area (Å²) >= 11 is 21.3. The Balaban J connectivity index is 1.81. The van der Waals surface area contributed by atoms with Gasteiger partial charge in [-0.25, -0.2) is 4.68 Å². The van der Waals surface area contributed by atoms with Crippen LogP contribution in [0, 0.1) is 11.7 Å². The van der Waals surface area contributed by atoms with Gasteiger partial charge in [0.05, 0.1) is 13.2 Å². The molecule has 6 nitrogen and oxygen atoms in total. The molecule has 0 aliphatic carbocycles. The Bertz CT molecular complexity index is 1050. The Kier molecular flexibility index (Phi) is 7.45. The van der Waals surface area contributed by atoms with Gasteiger partial charge in [0.15, 0.2) is 11.5 Å². The second-order valence-electron chi connectivity index (χ2n) is 6.06. The first-order chi connectivity index (χ1) is 13.9. The third-order valence-corrected chi connectivity index (χ3v) is 5.83. The summed E-state index contributed by atoms with van der Waals surface area (Å²) in [7, 11) is 0. The predicted octanol–water partition coefficient (Wildman–Crippen LogP) is 6.04. The molecule has 0 aliphatic heterocycles. The first-order valence-electron chi connectivity index (χ1n) is 8.79. The monoisotopic (exact) mass is 516 g/mol. The van der Waals surface area contributed by atoms with Crippen LogP contribution in [0.15, 0.2) is 34.8 Å². The van der Waals surface area contributed by atoms with E-state index in [1.807, 2.05) is 26.0 Å². The maximum atomic E-state index is 6.24. The van der Waals surface area contributed by atoms with Crippen LogP contribution in [0.2, 0.25) is 10.0 Å². The molecule has 2 N–H and O–H groups in total. The van der Waals surface area contributed by atoms with E-state index in [0.717, 1.165) is 21.4 Å². The number of aromatic nitrogens is 3. The average molecular weight is 518 g/mol. The van der Waals surface area contributed by atoms with Crippen molar-refractivity contribution < 1.29 is 9.47 Å². The normalized spacial score (nSPS) is 10.8. The van der Waals surface area contributed by atoms with Crippen LogP contribution in [-0.4, -0.2) is 21.5 Å². The van der Waals surface area contributed by atoms with E-state index in [-0.39, 0.29) is 6.61 Å². The van der Waals surface area contributed by atoms with Gasteiger partial charge in [0.25, 0.3) is 0 Å². The zero-order valence-corrected chi connectivity index (χ0v) is 19.7.